The molecular formula is C24H40N2. The van der Waals surface area contributed by atoms with Crippen molar-refractivity contribution >= 4 is 0 Å². The Hall–Kier alpha value is -0.340. The van der Waals surface area contributed by atoms with Gasteiger partial charge in [0.05, 0.1) is 0 Å². The van der Waals surface area contributed by atoms with E-state index in [1.54, 1.807) is 0 Å². The average Bonchev–Trinajstić information content (AvgIpc) is 3.08. The molecule has 0 bridgehead atoms. The van der Waals surface area contributed by atoms with Gasteiger partial charge in [-0.05, 0) is 114 Å². The van der Waals surface area contributed by atoms with E-state index in [4.69, 9.17) is 0 Å². The van der Waals surface area contributed by atoms with Gasteiger partial charge in [0.1, 0.15) is 0 Å². The molecule has 2 heteroatoms. The molecule has 1 saturated heterocycles. The summed E-state index contributed by atoms with van der Waals surface area (Å²) in [4.78, 5) is 5.17. The van der Waals surface area contributed by atoms with Crippen molar-refractivity contribution in [1.29, 1.82) is 0 Å². The number of allylic oxidation sites excluding steroid dienone is 1. The van der Waals surface area contributed by atoms with E-state index >= 15 is 0 Å². The van der Waals surface area contributed by atoms with Gasteiger partial charge in [-0.1, -0.05) is 18.6 Å². The maximum atomic E-state index is 2.74. The maximum Gasteiger partial charge on any atom is 0.0127 e. The summed E-state index contributed by atoms with van der Waals surface area (Å²) in [5.74, 6) is 3.96. The second kappa shape index (κ2) is 5.83. The van der Waals surface area contributed by atoms with E-state index in [1.165, 1.54) is 57.9 Å². The molecule has 0 aromatic carbocycles. The fourth-order valence-electron chi connectivity index (χ4n) is 8.88. The molecule has 1 aliphatic heterocycles. The first-order chi connectivity index (χ1) is 12.4. The van der Waals surface area contributed by atoms with E-state index in [2.05, 4.69) is 50.9 Å². The van der Waals surface area contributed by atoms with Crippen LogP contribution in [0.15, 0.2) is 11.6 Å². The lowest BCUT2D eigenvalue weighted by Crippen LogP contribution is -2.52. The average molecular weight is 357 g/mol. The van der Waals surface area contributed by atoms with E-state index in [0.29, 0.717) is 10.8 Å². The standard InChI is InChI=1S/C24H40N2/c1-16-20-8-9-22-19-7-6-17-14-18(25(3)4)10-12-23(17,2)21(19)11-13-24(20,22)15-26(16)5/h6,16,18-22H,7-15H2,1-5H3/t16-,18-,19-,20+,21+,22+,23-,24-/m0/s1. The van der Waals surface area contributed by atoms with Crippen molar-refractivity contribution in [3.63, 3.8) is 0 Å². The summed E-state index contributed by atoms with van der Waals surface area (Å²) in [5.41, 5.74) is 3.04. The van der Waals surface area contributed by atoms with Gasteiger partial charge >= 0.3 is 0 Å². The lowest BCUT2D eigenvalue weighted by molar-refractivity contribution is -0.0430. The number of rotatable bonds is 1. The molecule has 4 fully saturated rings. The van der Waals surface area contributed by atoms with Crippen molar-refractivity contribution in [2.75, 3.05) is 27.7 Å². The summed E-state index contributed by atoms with van der Waals surface area (Å²) in [7, 11) is 6.95. The normalized spacial score (nSPS) is 53.7. The molecule has 0 amide bonds. The Morgan fingerprint density at radius 2 is 1.81 bits per heavy atom. The minimum atomic E-state index is 0.519. The fraction of sp³-hybridized carbons (Fsp3) is 0.917. The molecule has 5 rings (SSSR count). The predicted octanol–water partition coefficient (Wildman–Crippen LogP) is 4.81. The number of fused-ring (bicyclic) bond motifs is 4. The van der Waals surface area contributed by atoms with Gasteiger partial charge in [-0.25, -0.2) is 0 Å². The van der Waals surface area contributed by atoms with Gasteiger partial charge in [0.25, 0.3) is 0 Å². The zero-order valence-corrected chi connectivity index (χ0v) is 17.8. The smallest absolute Gasteiger partial charge is 0.0127 e. The first-order valence-electron chi connectivity index (χ1n) is 11.4. The van der Waals surface area contributed by atoms with E-state index in [-0.39, 0.29) is 0 Å². The van der Waals surface area contributed by atoms with Gasteiger partial charge in [-0.15, -0.1) is 0 Å². The van der Waals surface area contributed by atoms with Crippen LogP contribution in [0.4, 0.5) is 0 Å². The summed E-state index contributed by atoms with van der Waals surface area (Å²) < 4.78 is 0. The van der Waals surface area contributed by atoms with E-state index in [0.717, 1.165) is 35.8 Å². The molecule has 0 N–H and O–H groups in total. The van der Waals surface area contributed by atoms with E-state index in [9.17, 15) is 0 Å². The van der Waals surface area contributed by atoms with Crippen LogP contribution in [-0.4, -0.2) is 49.6 Å². The number of hydrogen-bond acceptors (Lipinski definition) is 2. The van der Waals surface area contributed by atoms with Crippen LogP contribution < -0.4 is 0 Å². The molecule has 4 aliphatic carbocycles. The van der Waals surface area contributed by atoms with Crippen LogP contribution in [0.5, 0.6) is 0 Å². The molecule has 2 nitrogen and oxygen atoms in total. The Kier molecular flexibility index (Phi) is 3.98. The van der Waals surface area contributed by atoms with E-state index < -0.39 is 0 Å². The molecule has 0 unspecified atom stereocenters. The third kappa shape index (κ3) is 2.18. The van der Waals surface area contributed by atoms with Crippen LogP contribution in [-0.2, 0) is 0 Å². The first-order valence-corrected chi connectivity index (χ1v) is 11.4. The molecule has 26 heavy (non-hydrogen) atoms. The van der Waals surface area contributed by atoms with Crippen LogP contribution in [0.25, 0.3) is 0 Å². The van der Waals surface area contributed by atoms with Crippen molar-refractivity contribution in [2.24, 2.45) is 34.5 Å². The highest BCUT2D eigenvalue weighted by atomic mass is 15.2. The van der Waals surface area contributed by atoms with E-state index in [1.807, 2.05) is 5.57 Å². The fourth-order valence-corrected chi connectivity index (χ4v) is 8.88. The molecule has 8 atom stereocenters. The quantitative estimate of drug-likeness (QED) is 0.622. The molecular weight excluding hydrogens is 316 g/mol. The Morgan fingerprint density at radius 3 is 2.58 bits per heavy atom. The lowest BCUT2D eigenvalue weighted by atomic mass is 9.47. The number of likely N-dealkylation sites (tertiary alicyclic amines) is 1. The maximum absolute atomic E-state index is 2.74. The summed E-state index contributed by atoms with van der Waals surface area (Å²) in [5, 5.41) is 0. The topological polar surface area (TPSA) is 6.48 Å². The third-order valence-corrected chi connectivity index (χ3v) is 10.4. The minimum Gasteiger partial charge on any atom is -0.306 e. The van der Waals surface area contributed by atoms with Crippen LogP contribution in [0.3, 0.4) is 0 Å². The summed E-state index contributed by atoms with van der Waals surface area (Å²) in [6.07, 6.45) is 14.4. The Labute approximate surface area is 161 Å². The van der Waals surface area contributed by atoms with Crippen molar-refractivity contribution in [3.05, 3.63) is 11.6 Å². The third-order valence-electron chi connectivity index (χ3n) is 10.4. The van der Waals surface area contributed by atoms with Crippen molar-refractivity contribution < 1.29 is 0 Å². The van der Waals surface area contributed by atoms with Crippen LogP contribution in [0, 0.1) is 34.5 Å². The molecule has 146 valence electrons. The zero-order chi connectivity index (χ0) is 18.3. The van der Waals surface area contributed by atoms with Crippen LogP contribution >= 0.6 is 0 Å². The first kappa shape index (κ1) is 17.7. The van der Waals surface area contributed by atoms with Gasteiger partial charge < -0.3 is 9.80 Å². The van der Waals surface area contributed by atoms with Gasteiger partial charge in [0.15, 0.2) is 0 Å². The SMILES string of the molecule is C[C@H]1[C@H]2CC[C@@H]3[C@H]4CC=C5C[C@@H](N(C)C)CC[C@]5(C)[C@@H]4CC[C@@]32CN1C. The highest BCUT2D eigenvalue weighted by Gasteiger charge is 2.63. The lowest BCUT2D eigenvalue weighted by Gasteiger charge is -2.58. The highest BCUT2D eigenvalue weighted by Crippen LogP contribution is 2.68. The Morgan fingerprint density at radius 1 is 1.04 bits per heavy atom. The van der Waals surface area contributed by atoms with Gasteiger partial charge in [0.2, 0.25) is 0 Å². The molecule has 0 aromatic rings. The van der Waals surface area contributed by atoms with Crippen LogP contribution in [0.1, 0.15) is 65.2 Å². The minimum absolute atomic E-state index is 0.519. The largest absolute Gasteiger partial charge is 0.306 e. The zero-order valence-electron chi connectivity index (χ0n) is 17.8. The molecule has 3 saturated carbocycles. The predicted molar refractivity (Wildman–Crippen MR) is 109 cm³/mol. The number of hydrogen-bond donors (Lipinski definition) is 0. The summed E-state index contributed by atoms with van der Waals surface area (Å²) in [6, 6.07) is 1.60. The summed E-state index contributed by atoms with van der Waals surface area (Å²) >= 11 is 0. The Balaban J connectivity index is 1.45. The Bertz CT molecular complexity index is 609. The summed E-state index contributed by atoms with van der Waals surface area (Å²) in [6.45, 7) is 6.56. The second-order valence-electron chi connectivity index (χ2n) is 11.2. The van der Waals surface area contributed by atoms with Crippen molar-refractivity contribution in [1.82, 2.24) is 9.80 Å². The van der Waals surface area contributed by atoms with Crippen molar-refractivity contribution in [3.8, 4) is 0 Å². The molecule has 1 spiro atoms. The van der Waals surface area contributed by atoms with Gasteiger partial charge in [0, 0.05) is 18.6 Å². The highest BCUT2D eigenvalue weighted by molar-refractivity contribution is 5.26. The van der Waals surface area contributed by atoms with Crippen molar-refractivity contribution in [2.45, 2.75) is 77.3 Å². The molecule has 0 aromatic heterocycles. The molecule has 0 radical (unpaired) electrons. The molecule has 5 aliphatic rings. The van der Waals surface area contributed by atoms with Crippen LogP contribution in [0.2, 0.25) is 0 Å². The number of nitrogens with zero attached hydrogens (tertiary/aromatic N) is 2. The monoisotopic (exact) mass is 356 g/mol. The molecule has 1 heterocycles. The van der Waals surface area contributed by atoms with Gasteiger partial charge in [-0.2, -0.15) is 0 Å². The van der Waals surface area contributed by atoms with Gasteiger partial charge in [-0.3, -0.25) is 0 Å². The second-order valence-corrected chi connectivity index (χ2v) is 11.2.